The van der Waals surface area contributed by atoms with Gasteiger partial charge in [-0.05, 0) is 25.3 Å². The van der Waals surface area contributed by atoms with Crippen molar-refractivity contribution in [3.8, 4) is 0 Å². The third-order valence-electron chi connectivity index (χ3n) is 3.00. The molecule has 0 spiro atoms. The maximum Gasteiger partial charge on any atom is 0.311 e. The van der Waals surface area contributed by atoms with Crippen LogP contribution in [0, 0.1) is 10.1 Å². The van der Waals surface area contributed by atoms with E-state index in [1.54, 1.807) is 6.07 Å². The average molecular weight is 237 g/mol. The van der Waals surface area contributed by atoms with Crippen LogP contribution in [0.3, 0.4) is 0 Å². The standard InChI is InChI=1S/C10H15N5O2/c11-6-2-1-3-7(6)13-9-5-4-8(15(16)17)10(12)14-9/h4-7H,1-3,11H2,(H3,12,13,14). The van der Waals surface area contributed by atoms with E-state index >= 15 is 0 Å². The van der Waals surface area contributed by atoms with Crippen LogP contribution < -0.4 is 16.8 Å². The highest BCUT2D eigenvalue weighted by atomic mass is 16.6. The third-order valence-corrected chi connectivity index (χ3v) is 3.00. The molecule has 2 unspecified atom stereocenters. The molecule has 17 heavy (non-hydrogen) atoms. The molecular weight excluding hydrogens is 222 g/mol. The number of nitrogens with one attached hydrogen (secondary N) is 1. The van der Waals surface area contributed by atoms with Gasteiger partial charge in [0.2, 0.25) is 5.82 Å². The Morgan fingerprint density at radius 3 is 2.76 bits per heavy atom. The van der Waals surface area contributed by atoms with E-state index in [0.717, 1.165) is 19.3 Å². The summed E-state index contributed by atoms with van der Waals surface area (Å²) in [7, 11) is 0. The van der Waals surface area contributed by atoms with Gasteiger partial charge < -0.3 is 16.8 Å². The van der Waals surface area contributed by atoms with E-state index in [2.05, 4.69) is 10.3 Å². The molecule has 7 heteroatoms. The smallest absolute Gasteiger partial charge is 0.311 e. The first-order valence-electron chi connectivity index (χ1n) is 5.51. The highest BCUT2D eigenvalue weighted by molar-refractivity contribution is 5.57. The van der Waals surface area contributed by atoms with Crippen molar-refractivity contribution in [2.45, 2.75) is 31.3 Å². The minimum Gasteiger partial charge on any atom is -0.378 e. The summed E-state index contributed by atoms with van der Waals surface area (Å²) in [6.45, 7) is 0. The number of nitrogens with zero attached hydrogens (tertiary/aromatic N) is 2. The summed E-state index contributed by atoms with van der Waals surface area (Å²) in [6, 6.07) is 3.18. The van der Waals surface area contributed by atoms with Gasteiger partial charge in [-0.15, -0.1) is 0 Å². The molecule has 0 radical (unpaired) electrons. The topological polar surface area (TPSA) is 120 Å². The number of hydrogen-bond donors (Lipinski definition) is 3. The van der Waals surface area contributed by atoms with Gasteiger partial charge >= 0.3 is 5.69 Å². The Hall–Kier alpha value is -1.89. The van der Waals surface area contributed by atoms with Crippen LogP contribution in [0.5, 0.6) is 0 Å². The van der Waals surface area contributed by atoms with Crippen molar-refractivity contribution in [3.63, 3.8) is 0 Å². The monoisotopic (exact) mass is 237 g/mol. The van der Waals surface area contributed by atoms with E-state index in [-0.39, 0.29) is 23.6 Å². The molecule has 0 aliphatic heterocycles. The summed E-state index contributed by atoms with van der Waals surface area (Å²) in [5, 5.41) is 13.7. The molecular formula is C10H15N5O2. The van der Waals surface area contributed by atoms with Crippen LogP contribution in [0.1, 0.15) is 19.3 Å². The maximum atomic E-state index is 10.6. The zero-order valence-corrected chi connectivity index (χ0v) is 9.30. The van der Waals surface area contributed by atoms with E-state index < -0.39 is 4.92 Å². The fourth-order valence-electron chi connectivity index (χ4n) is 2.06. The summed E-state index contributed by atoms with van der Waals surface area (Å²) < 4.78 is 0. The number of rotatable bonds is 3. The second-order valence-electron chi connectivity index (χ2n) is 4.20. The Bertz CT molecular complexity index is 437. The van der Waals surface area contributed by atoms with Crippen molar-refractivity contribution in [2.24, 2.45) is 5.73 Å². The highest BCUT2D eigenvalue weighted by Crippen LogP contribution is 2.24. The third kappa shape index (κ3) is 2.44. The van der Waals surface area contributed by atoms with Crippen molar-refractivity contribution in [2.75, 3.05) is 11.1 Å². The van der Waals surface area contributed by atoms with Crippen LogP contribution in [-0.2, 0) is 0 Å². The first-order valence-corrected chi connectivity index (χ1v) is 5.51. The van der Waals surface area contributed by atoms with E-state index in [0.29, 0.717) is 5.82 Å². The molecule has 2 rings (SSSR count). The molecule has 0 amide bonds. The molecule has 0 saturated heterocycles. The Labute approximate surface area is 98.4 Å². The summed E-state index contributed by atoms with van der Waals surface area (Å²) in [5.41, 5.74) is 11.2. The molecule has 1 aliphatic rings. The quantitative estimate of drug-likeness (QED) is 0.529. The minimum atomic E-state index is -0.548. The van der Waals surface area contributed by atoms with Crippen molar-refractivity contribution in [3.05, 3.63) is 22.2 Å². The van der Waals surface area contributed by atoms with Crippen LogP contribution >= 0.6 is 0 Å². The summed E-state index contributed by atoms with van der Waals surface area (Å²) >= 11 is 0. The van der Waals surface area contributed by atoms with Gasteiger partial charge in [0.15, 0.2) is 0 Å². The van der Waals surface area contributed by atoms with Gasteiger partial charge in [-0.2, -0.15) is 0 Å². The Morgan fingerprint density at radius 1 is 1.47 bits per heavy atom. The van der Waals surface area contributed by atoms with Crippen LogP contribution in [0.2, 0.25) is 0 Å². The van der Waals surface area contributed by atoms with E-state index in [1.807, 2.05) is 0 Å². The Balaban J connectivity index is 2.12. The molecule has 0 bridgehead atoms. The molecule has 1 saturated carbocycles. The SMILES string of the molecule is Nc1nc(NC2CCCC2N)ccc1[N+](=O)[O-]. The number of pyridine rings is 1. The normalized spacial score (nSPS) is 23.6. The predicted octanol–water partition coefficient (Wildman–Crippen LogP) is 0.864. The fourth-order valence-corrected chi connectivity index (χ4v) is 2.06. The van der Waals surface area contributed by atoms with E-state index in [4.69, 9.17) is 11.5 Å². The molecule has 0 aromatic carbocycles. The maximum absolute atomic E-state index is 10.6. The summed E-state index contributed by atoms with van der Waals surface area (Å²) in [6.07, 6.45) is 3.06. The highest BCUT2D eigenvalue weighted by Gasteiger charge is 2.24. The molecule has 1 fully saturated rings. The Kier molecular flexibility index (Phi) is 3.10. The van der Waals surface area contributed by atoms with Crippen molar-refractivity contribution in [1.82, 2.24) is 4.98 Å². The molecule has 2 atom stereocenters. The predicted molar refractivity (Wildman–Crippen MR) is 64.5 cm³/mol. The molecule has 1 aromatic heterocycles. The largest absolute Gasteiger partial charge is 0.378 e. The van der Waals surface area contributed by atoms with Crippen LogP contribution in [-0.4, -0.2) is 22.0 Å². The number of anilines is 2. The Morgan fingerprint density at radius 2 is 2.24 bits per heavy atom. The minimum absolute atomic E-state index is 0.0773. The number of nitrogen functional groups attached to an aromatic ring is 1. The van der Waals surface area contributed by atoms with Gasteiger partial charge in [-0.25, -0.2) is 4.98 Å². The molecule has 7 nitrogen and oxygen atoms in total. The lowest BCUT2D eigenvalue weighted by molar-refractivity contribution is -0.384. The zero-order chi connectivity index (χ0) is 12.4. The lowest BCUT2D eigenvalue weighted by Gasteiger charge is -2.17. The summed E-state index contributed by atoms with van der Waals surface area (Å²) in [4.78, 5) is 14.0. The molecule has 1 aromatic rings. The lowest BCUT2D eigenvalue weighted by atomic mass is 10.2. The first-order chi connectivity index (χ1) is 8.08. The molecule has 92 valence electrons. The lowest BCUT2D eigenvalue weighted by Crippen LogP contribution is -2.35. The van der Waals surface area contributed by atoms with Crippen molar-refractivity contribution < 1.29 is 4.92 Å². The van der Waals surface area contributed by atoms with Gasteiger partial charge in [0.1, 0.15) is 5.82 Å². The second kappa shape index (κ2) is 4.54. The van der Waals surface area contributed by atoms with Crippen molar-refractivity contribution in [1.29, 1.82) is 0 Å². The zero-order valence-electron chi connectivity index (χ0n) is 9.30. The average Bonchev–Trinajstić information content (AvgIpc) is 2.64. The van der Waals surface area contributed by atoms with Gasteiger partial charge in [-0.1, -0.05) is 0 Å². The molecule has 1 heterocycles. The van der Waals surface area contributed by atoms with Gasteiger partial charge in [-0.3, -0.25) is 10.1 Å². The van der Waals surface area contributed by atoms with Crippen LogP contribution in [0.4, 0.5) is 17.3 Å². The van der Waals surface area contributed by atoms with E-state index in [1.165, 1.54) is 6.07 Å². The van der Waals surface area contributed by atoms with Gasteiger partial charge in [0.25, 0.3) is 0 Å². The van der Waals surface area contributed by atoms with E-state index in [9.17, 15) is 10.1 Å². The molecule has 5 N–H and O–H groups in total. The number of aromatic nitrogens is 1. The molecule has 1 aliphatic carbocycles. The van der Waals surface area contributed by atoms with Gasteiger partial charge in [0, 0.05) is 18.2 Å². The van der Waals surface area contributed by atoms with Gasteiger partial charge in [0.05, 0.1) is 4.92 Å². The van der Waals surface area contributed by atoms with Crippen LogP contribution in [0.25, 0.3) is 0 Å². The van der Waals surface area contributed by atoms with Crippen molar-refractivity contribution >= 4 is 17.3 Å². The summed E-state index contributed by atoms with van der Waals surface area (Å²) in [5.74, 6) is 0.460. The van der Waals surface area contributed by atoms with Crippen LogP contribution in [0.15, 0.2) is 12.1 Å². The number of hydrogen-bond acceptors (Lipinski definition) is 6. The fraction of sp³-hybridized carbons (Fsp3) is 0.500. The number of nitrogens with two attached hydrogens (primary N) is 2. The first kappa shape index (κ1) is 11.6. The number of nitro groups is 1. The second-order valence-corrected chi connectivity index (χ2v) is 4.20.